The van der Waals surface area contributed by atoms with Gasteiger partial charge in [-0.15, -0.1) is 0 Å². The predicted octanol–water partition coefficient (Wildman–Crippen LogP) is 3.44. The van der Waals surface area contributed by atoms with Gasteiger partial charge in [0.1, 0.15) is 6.61 Å². The summed E-state index contributed by atoms with van der Waals surface area (Å²) in [4.78, 5) is 22.3. The first-order valence-corrected chi connectivity index (χ1v) is 6.53. The molecular weight excluding hydrogens is 270 g/mol. The minimum Gasteiger partial charge on any atom is -0.460 e. The first kappa shape index (κ1) is 14.7. The van der Waals surface area contributed by atoms with Gasteiger partial charge in [0.15, 0.2) is 0 Å². The number of esters is 1. The number of non-ortho nitro benzene ring substituents is 1. The number of hydrogen-bond acceptors (Lipinski definition) is 4. The summed E-state index contributed by atoms with van der Waals surface area (Å²) >= 11 is 0. The van der Waals surface area contributed by atoms with E-state index in [1.165, 1.54) is 12.1 Å². The molecule has 0 bridgehead atoms. The van der Waals surface area contributed by atoms with E-state index < -0.39 is 16.8 Å². The van der Waals surface area contributed by atoms with Gasteiger partial charge in [-0.05, 0) is 18.1 Å². The van der Waals surface area contributed by atoms with Crippen LogP contribution in [-0.4, -0.2) is 10.9 Å². The molecule has 108 valence electrons. The van der Waals surface area contributed by atoms with Gasteiger partial charge in [0.05, 0.1) is 10.8 Å². The molecule has 5 heteroatoms. The number of nitro benzene ring substituents is 1. The van der Waals surface area contributed by atoms with Crippen LogP contribution in [-0.2, 0) is 16.1 Å². The zero-order valence-electron chi connectivity index (χ0n) is 11.6. The second kappa shape index (κ2) is 6.65. The topological polar surface area (TPSA) is 69.4 Å². The van der Waals surface area contributed by atoms with Crippen LogP contribution in [0.25, 0.3) is 0 Å². The molecule has 0 aromatic heterocycles. The van der Waals surface area contributed by atoms with Crippen LogP contribution in [0.4, 0.5) is 5.69 Å². The Kier molecular flexibility index (Phi) is 4.66. The van der Waals surface area contributed by atoms with Gasteiger partial charge < -0.3 is 4.74 Å². The average Bonchev–Trinajstić information content (AvgIpc) is 2.53. The fourth-order valence-corrected chi connectivity index (χ4v) is 1.90. The van der Waals surface area contributed by atoms with Crippen molar-refractivity contribution < 1.29 is 14.5 Å². The fraction of sp³-hybridized carbons (Fsp3) is 0.188. The second-order valence-corrected chi connectivity index (χ2v) is 4.67. The summed E-state index contributed by atoms with van der Waals surface area (Å²) < 4.78 is 5.24. The lowest BCUT2D eigenvalue weighted by Crippen LogP contribution is -2.13. The molecule has 2 aromatic rings. The molecule has 0 saturated carbocycles. The maximum Gasteiger partial charge on any atom is 0.313 e. The smallest absolute Gasteiger partial charge is 0.313 e. The Morgan fingerprint density at radius 2 is 1.90 bits per heavy atom. The van der Waals surface area contributed by atoms with Crippen molar-refractivity contribution in [1.29, 1.82) is 0 Å². The Morgan fingerprint density at radius 1 is 1.19 bits per heavy atom. The predicted molar refractivity (Wildman–Crippen MR) is 77.7 cm³/mol. The Balaban J connectivity index is 2.02. The number of rotatable bonds is 5. The molecule has 0 saturated heterocycles. The molecule has 0 N–H and O–H groups in total. The molecule has 0 unspecified atom stereocenters. The van der Waals surface area contributed by atoms with E-state index >= 15 is 0 Å². The molecule has 0 radical (unpaired) electrons. The van der Waals surface area contributed by atoms with Gasteiger partial charge in [-0.25, -0.2) is 0 Å². The van der Waals surface area contributed by atoms with Crippen LogP contribution in [0.5, 0.6) is 0 Å². The lowest BCUT2D eigenvalue weighted by atomic mass is 10.0. The lowest BCUT2D eigenvalue weighted by Gasteiger charge is -2.11. The van der Waals surface area contributed by atoms with Gasteiger partial charge in [-0.2, -0.15) is 0 Å². The quantitative estimate of drug-likeness (QED) is 0.479. The van der Waals surface area contributed by atoms with E-state index in [0.717, 1.165) is 5.56 Å². The highest BCUT2D eigenvalue weighted by Gasteiger charge is 2.19. The van der Waals surface area contributed by atoms with Crippen molar-refractivity contribution in [2.45, 2.75) is 19.4 Å². The minimum absolute atomic E-state index is 0.0322. The Labute approximate surface area is 122 Å². The van der Waals surface area contributed by atoms with Gasteiger partial charge in [-0.1, -0.05) is 42.5 Å². The maximum atomic E-state index is 12.0. The molecule has 0 aliphatic heterocycles. The van der Waals surface area contributed by atoms with Crippen molar-refractivity contribution in [3.8, 4) is 0 Å². The SMILES string of the molecule is C[C@H](C(=O)OCc1ccccc1)c1cccc([N+](=O)[O-])c1. The van der Waals surface area contributed by atoms with Gasteiger partial charge in [-0.3, -0.25) is 14.9 Å². The number of nitrogens with zero attached hydrogens (tertiary/aromatic N) is 1. The van der Waals surface area contributed by atoms with Crippen LogP contribution < -0.4 is 0 Å². The number of carbonyl (C=O) groups excluding carboxylic acids is 1. The first-order valence-electron chi connectivity index (χ1n) is 6.53. The Bertz CT molecular complexity index is 640. The standard InChI is InChI=1S/C16H15NO4/c1-12(14-8-5-9-15(10-14)17(19)20)16(18)21-11-13-6-3-2-4-7-13/h2-10,12H,11H2,1H3/t12-/m0/s1. The van der Waals surface area contributed by atoms with Crippen LogP contribution in [0, 0.1) is 10.1 Å². The second-order valence-electron chi connectivity index (χ2n) is 4.67. The fourth-order valence-electron chi connectivity index (χ4n) is 1.90. The Morgan fingerprint density at radius 3 is 2.57 bits per heavy atom. The molecule has 0 aliphatic carbocycles. The maximum absolute atomic E-state index is 12.0. The summed E-state index contributed by atoms with van der Waals surface area (Å²) in [5.74, 6) is -0.951. The number of benzene rings is 2. The molecule has 1 atom stereocenters. The van der Waals surface area contributed by atoms with E-state index in [9.17, 15) is 14.9 Å². The van der Waals surface area contributed by atoms with Crippen LogP contribution in [0.3, 0.4) is 0 Å². The molecule has 0 fully saturated rings. The molecule has 21 heavy (non-hydrogen) atoms. The third-order valence-corrected chi connectivity index (χ3v) is 3.16. The molecule has 5 nitrogen and oxygen atoms in total. The highest BCUT2D eigenvalue weighted by atomic mass is 16.6. The van der Waals surface area contributed by atoms with Crippen molar-refractivity contribution in [2.75, 3.05) is 0 Å². The number of carbonyl (C=O) groups is 1. The monoisotopic (exact) mass is 285 g/mol. The molecule has 0 heterocycles. The lowest BCUT2D eigenvalue weighted by molar-refractivity contribution is -0.384. The molecule has 2 rings (SSSR count). The highest BCUT2D eigenvalue weighted by molar-refractivity contribution is 5.77. The van der Waals surface area contributed by atoms with Crippen molar-refractivity contribution in [3.63, 3.8) is 0 Å². The summed E-state index contributed by atoms with van der Waals surface area (Å²) in [6.07, 6.45) is 0. The van der Waals surface area contributed by atoms with Gasteiger partial charge in [0.2, 0.25) is 0 Å². The molecule has 0 amide bonds. The summed E-state index contributed by atoms with van der Waals surface area (Å²) in [6.45, 7) is 1.87. The van der Waals surface area contributed by atoms with Crippen LogP contribution in [0.1, 0.15) is 24.0 Å². The van der Waals surface area contributed by atoms with Gasteiger partial charge in [0.25, 0.3) is 5.69 Å². The normalized spacial score (nSPS) is 11.7. The summed E-state index contributed by atoms with van der Waals surface area (Å²) in [6, 6.07) is 15.4. The summed E-state index contributed by atoms with van der Waals surface area (Å²) in [5.41, 5.74) is 1.44. The Hall–Kier alpha value is -2.69. The summed E-state index contributed by atoms with van der Waals surface area (Å²) in [5, 5.41) is 10.7. The molecule has 2 aromatic carbocycles. The third kappa shape index (κ3) is 3.89. The number of nitro groups is 1. The van der Waals surface area contributed by atoms with Crippen LogP contribution >= 0.6 is 0 Å². The van der Waals surface area contributed by atoms with Crippen molar-refractivity contribution in [3.05, 3.63) is 75.8 Å². The van der Waals surface area contributed by atoms with Crippen molar-refractivity contribution in [2.24, 2.45) is 0 Å². The van der Waals surface area contributed by atoms with Gasteiger partial charge >= 0.3 is 5.97 Å². The van der Waals surface area contributed by atoms with Crippen LogP contribution in [0.15, 0.2) is 54.6 Å². The summed E-state index contributed by atoms with van der Waals surface area (Å²) in [7, 11) is 0. The number of hydrogen-bond donors (Lipinski definition) is 0. The average molecular weight is 285 g/mol. The molecular formula is C16H15NO4. The van der Waals surface area contributed by atoms with Crippen LogP contribution in [0.2, 0.25) is 0 Å². The zero-order chi connectivity index (χ0) is 15.2. The number of ether oxygens (including phenoxy) is 1. The van der Waals surface area contributed by atoms with Crippen molar-refractivity contribution >= 4 is 11.7 Å². The first-order chi connectivity index (χ1) is 10.1. The van der Waals surface area contributed by atoms with E-state index in [4.69, 9.17) is 4.74 Å². The van der Waals surface area contributed by atoms with E-state index in [0.29, 0.717) is 5.56 Å². The van der Waals surface area contributed by atoms with E-state index in [1.54, 1.807) is 19.1 Å². The van der Waals surface area contributed by atoms with E-state index in [2.05, 4.69) is 0 Å². The highest BCUT2D eigenvalue weighted by Crippen LogP contribution is 2.22. The van der Waals surface area contributed by atoms with Gasteiger partial charge in [0, 0.05) is 12.1 Å². The minimum atomic E-state index is -0.548. The zero-order valence-corrected chi connectivity index (χ0v) is 11.6. The molecule has 0 spiro atoms. The van der Waals surface area contributed by atoms with Crippen molar-refractivity contribution in [1.82, 2.24) is 0 Å². The molecule has 0 aliphatic rings. The largest absolute Gasteiger partial charge is 0.460 e. The third-order valence-electron chi connectivity index (χ3n) is 3.16. The van der Waals surface area contributed by atoms with E-state index in [1.807, 2.05) is 30.3 Å². The van der Waals surface area contributed by atoms with E-state index in [-0.39, 0.29) is 12.3 Å².